The van der Waals surface area contributed by atoms with Crippen LogP contribution < -0.4 is 0 Å². The summed E-state index contributed by atoms with van der Waals surface area (Å²) in [7, 11) is 0. The van der Waals surface area contributed by atoms with Crippen molar-refractivity contribution in [1.29, 1.82) is 0 Å². The zero-order valence-electron chi connectivity index (χ0n) is 12.4. The number of nitrogens with zero attached hydrogens (tertiary/aromatic N) is 3. The summed E-state index contributed by atoms with van der Waals surface area (Å²) in [5, 5.41) is 5.49. The van der Waals surface area contributed by atoms with E-state index in [0.717, 1.165) is 35.9 Å². The first-order valence-corrected chi connectivity index (χ1v) is 8.91. The van der Waals surface area contributed by atoms with Crippen LogP contribution in [-0.2, 0) is 4.79 Å². The van der Waals surface area contributed by atoms with Crippen LogP contribution >= 0.6 is 11.8 Å². The van der Waals surface area contributed by atoms with Gasteiger partial charge in [0.25, 0.3) is 0 Å². The third-order valence-corrected chi connectivity index (χ3v) is 5.47. The summed E-state index contributed by atoms with van der Waals surface area (Å²) < 4.78 is 1.97. The van der Waals surface area contributed by atoms with Crippen LogP contribution in [0.2, 0.25) is 0 Å². The van der Waals surface area contributed by atoms with Crippen LogP contribution in [0, 0.1) is 0 Å². The molecule has 0 aliphatic heterocycles. The summed E-state index contributed by atoms with van der Waals surface area (Å²) >= 11 is 1.55. The lowest BCUT2D eigenvalue weighted by atomic mass is 9.99. The summed E-state index contributed by atoms with van der Waals surface area (Å²) in [6, 6.07) is 10.2. The molecule has 22 heavy (non-hydrogen) atoms. The predicted molar refractivity (Wildman–Crippen MR) is 86.5 cm³/mol. The third-order valence-electron chi connectivity index (χ3n) is 4.30. The van der Waals surface area contributed by atoms with Crippen LogP contribution in [0.5, 0.6) is 0 Å². The molecule has 0 bridgehead atoms. The number of Topliss-reactive ketones (excluding diaryl/α,β-unsaturated/α-hetero) is 1. The van der Waals surface area contributed by atoms with Crippen LogP contribution in [0.4, 0.5) is 0 Å². The smallest absolute Gasteiger partial charge is 0.209 e. The van der Waals surface area contributed by atoms with Crippen LogP contribution in [-0.4, -0.2) is 25.8 Å². The van der Waals surface area contributed by atoms with Gasteiger partial charge in [0.1, 0.15) is 11.6 Å². The minimum atomic E-state index is 0.0485. The third kappa shape index (κ3) is 2.82. The number of aromatic nitrogens is 3. The molecular weight excluding hydrogens is 294 g/mol. The van der Waals surface area contributed by atoms with E-state index in [0.29, 0.717) is 18.1 Å². The second kappa shape index (κ2) is 5.88. The molecule has 114 valence electrons. The molecule has 2 fully saturated rings. The number of hydrogen-bond acceptors (Lipinski definition) is 4. The molecule has 5 heteroatoms. The maximum absolute atomic E-state index is 12.0. The molecular formula is C17H19N3OS. The number of thioether (sulfide) groups is 1. The van der Waals surface area contributed by atoms with E-state index in [4.69, 9.17) is 4.98 Å². The molecule has 0 amide bonds. The number of ketones is 1. The van der Waals surface area contributed by atoms with Crippen molar-refractivity contribution in [2.45, 2.75) is 54.8 Å². The molecule has 2 aromatic rings. The SMILES string of the molecule is O=C1CCCCC1Sc1nc(C2CC2)n(-c2ccccc2)n1. The van der Waals surface area contributed by atoms with Crippen molar-refractivity contribution in [3.63, 3.8) is 0 Å². The maximum Gasteiger partial charge on any atom is 0.209 e. The van der Waals surface area contributed by atoms with Gasteiger partial charge < -0.3 is 0 Å². The lowest BCUT2D eigenvalue weighted by molar-refractivity contribution is -0.119. The Morgan fingerprint density at radius 3 is 2.64 bits per heavy atom. The van der Waals surface area contributed by atoms with Gasteiger partial charge in [-0.3, -0.25) is 4.79 Å². The van der Waals surface area contributed by atoms with E-state index in [-0.39, 0.29) is 5.25 Å². The lowest BCUT2D eigenvalue weighted by Gasteiger charge is -2.17. The van der Waals surface area contributed by atoms with E-state index >= 15 is 0 Å². The highest BCUT2D eigenvalue weighted by molar-refractivity contribution is 8.00. The van der Waals surface area contributed by atoms with Crippen LogP contribution in [0.15, 0.2) is 35.5 Å². The number of para-hydroxylation sites is 1. The van der Waals surface area contributed by atoms with Gasteiger partial charge in [-0.05, 0) is 37.8 Å². The van der Waals surface area contributed by atoms with Gasteiger partial charge in [-0.1, -0.05) is 36.4 Å². The Hall–Kier alpha value is -1.62. The average molecular weight is 313 g/mol. The van der Waals surface area contributed by atoms with E-state index in [1.807, 2.05) is 22.9 Å². The number of benzene rings is 1. The second-order valence-corrected chi connectivity index (χ2v) is 7.26. The molecule has 4 nitrogen and oxygen atoms in total. The monoisotopic (exact) mass is 313 g/mol. The molecule has 2 aliphatic carbocycles. The Morgan fingerprint density at radius 1 is 1.09 bits per heavy atom. The van der Waals surface area contributed by atoms with Crippen molar-refractivity contribution in [3.8, 4) is 5.69 Å². The molecule has 1 aromatic heterocycles. The van der Waals surface area contributed by atoms with Crippen molar-refractivity contribution in [2.75, 3.05) is 0 Å². The fourth-order valence-corrected chi connectivity index (χ4v) is 3.99. The Morgan fingerprint density at radius 2 is 1.91 bits per heavy atom. The van der Waals surface area contributed by atoms with Gasteiger partial charge >= 0.3 is 0 Å². The molecule has 0 N–H and O–H groups in total. The van der Waals surface area contributed by atoms with E-state index in [9.17, 15) is 4.79 Å². The van der Waals surface area contributed by atoms with E-state index in [2.05, 4.69) is 17.2 Å². The van der Waals surface area contributed by atoms with Crippen molar-refractivity contribution in [1.82, 2.24) is 14.8 Å². The quantitative estimate of drug-likeness (QED) is 0.862. The predicted octanol–water partition coefficient (Wildman–Crippen LogP) is 3.75. The van der Waals surface area contributed by atoms with E-state index < -0.39 is 0 Å². The topological polar surface area (TPSA) is 47.8 Å². The highest BCUT2D eigenvalue weighted by Crippen LogP contribution is 2.41. The van der Waals surface area contributed by atoms with Gasteiger partial charge in [-0.25, -0.2) is 9.67 Å². The fourth-order valence-electron chi connectivity index (χ4n) is 2.92. The Labute approximate surface area is 134 Å². The maximum atomic E-state index is 12.0. The molecule has 1 unspecified atom stereocenters. The van der Waals surface area contributed by atoms with Crippen molar-refractivity contribution >= 4 is 17.5 Å². The van der Waals surface area contributed by atoms with Crippen molar-refractivity contribution in [3.05, 3.63) is 36.2 Å². The van der Waals surface area contributed by atoms with Crippen LogP contribution in [0.1, 0.15) is 50.3 Å². The van der Waals surface area contributed by atoms with Gasteiger partial charge in [-0.15, -0.1) is 5.10 Å². The summed E-state index contributed by atoms with van der Waals surface area (Å²) in [5.74, 6) is 1.95. The van der Waals surface area contributed by atoms with Gasteiger partial charge in [0.15, 0.2) is 0 Å². The second-order valence-electron chi connectivity index (χ2n) is 6.09. The molecule has 0 saturated heterocycles. The number of carbonyl (C=O) groups excluding carboxylic acids is 1. The van der Waals surface area contributed by atoms with Gasteiger partial charge in [0.05, 0.1) is 10.9 Å². The van der Waals surface area contributed by atoms with Crippen LogP contribution in [0.25, 0.3) is 5.69 Å². The molecule has 4 rings (SSSR count). The van der Waals surface area contributed by atoms with Crippen LogP contribution in [0.3, 0.4) is 0 Å². The molecule has 1 heterocycles. The molecule has 1 aromatic carbocycles. The van der Waals surface area contributed by atoms with Crippen molar-refractivity contribution < 1.29 is 4.79 Å². The number of carbonyl (C=O) groups is 1. The lowest BCUT2D eigenvalue weighted by Crippen LogP contribution is -2.21. The minimum Gasteiger partial charge on any atom is -0.298 e. The summed E-state index contributed by atoms with van der Waals surface area (Å²) in [6.45, 7) is 0. The van der Waals surface area contributed by atoms with Gasteiger partial charge in [0.2, 0.25) is 5.16 Å². The number of rotatable bonds is 4. The average Bonchev–Trinajstić information content (AvgIpc) is 3.31. The molecule has 0 spiro atoms. The van der Waals surface area contributed by atoms with Gasteiger partial charge in [0, 0.05) is 12.3 Å². The summed E-state index contributed by atoms with van der Waals surface area (Å²) in [5.41, 5.74) is 1.05. The normalized spacial score (nSPS) is 22.0. The van der Waals surface area contributed by atoms with E-state index in [1.165, 1.54) is 12.8 Å². The molecule has 1 atom stereocenters. The highest BCUT2D eigenvalue weighted by atomic mass is 32.2. The minimum absolute atomic E-state index is 0.0485. The Bertz CT molecular complexity index is 678. The van der Waals surface area contributed by atoms with Crippen molar-refractivity contribution in [2.24, 2.45) is 0 Å². The molecule has 0 radical (unpaired) electrons. The van der Waals surface area contributed by atoms with E-state index in [1.54, 1.807) is 11.8 Å². The van der Waals surface area contributed by atoms with Gasteiger partial charge in [-0.2, -0.15) is 0 Å². The summed E-state index contributed by atoms with van der Waals surface area (Å²) in [6.07, 6.45) is 6.23. The molecule has 2 saturated carbocycles. The highest BCUT2D eigenvalue weighted by Gasteiger charge is 2.32. The first kappa shape index (κ1) is 14.0. The molecule has 2 aliphatic rings. The Balaban J connectivity index is 1.62. The largest absolute Gasteiger partial charge is 0.298 e. The fraction of sp³-hybridized carbons (Fsp3) is 0.471. The number of hydrogen-bond donors (Lipinski definition) is 0. The summed E-state index contributed by atoms with van der Waals surface area (Å²) in [4.78, 5) is 16.8. The first-order chi connectivity index (χ1) is 10.8. The zero-order valence-corrected chi connectivity index (χ0v) is 13.3. The standard InChI is InChI=1S/C17H19N3OS/c21-14-8-4-5-9-15(14)22-17-18-16(12-10-11-12)20(19-17)13-6-2-1-3-7-13/h1-3,6-7,12,15H,4-5,8-11H2. The first-order valence-electron chi connectivity index (χ1n) is 8.03. The zero-order chi connectivity index (χ0) is 14.9. The Kier molecular flexibility index (Phi) is 3.74.